The van der Waals surface area contributed by atoms with Crippen molar-refractivity contribution in [2.45, 2.75) is 20.3 Å². The second-order valence-corrected chi connectivity index (χ2v) is 7.74. The van der Waals surface area contributed by atoms with Gasteiger partial charge in [0.1, 0.15) is 0 Å². The van der Waals surface area contributed by atoms with Gasteiger partial charge < -0.3 is 4.57 Å². The summed E-state index contributed by atoms with van der Waals surface area (Å²) in [6.07, 6.45) is 13.6. The molecule has 1 heteroatoms. The Labute approximate surface area is 178 Å². The lowest BCUT2D eigenvalue weighted by molar-refractivity contribution is 1.04. The summed E-state index contributed by atoms with van der Waals surface area (Å²) in [6.45, 7) is 12.5. The number of hydrogen-bond donors (Lipinski definition) is 0. The molecule has 0 N–H and O–H groups in total. The Morgan fingerprint density at radius 2 is 1.60 bits per heavy atom. The molecular formula is C29H25N. The summed E-state index contributed by atoms with van der Waals surface area (Å²) in [7, 11) is 0. The summed E-state index contributed by atoms with van der Waals surface area (Å²) in [5, 5.41) is 0. The summed E-state index contributed by atoms with van der Waals surface area (Å²) >= 11 is 0. The van der Waals surface area contributed by atoms with E-state index in [2.05, 4.69) is 98.3 Å². The molecule has 0 amide bonds. The lowest BCUT2D eigenvalue weighted by Crippen LogP contribution is -2.02. The fraction of sp³-hybridized carbons (Fsp3) is 0.103. The van der Waals surface area contributed by atoms with Crippen molar-refractivity contribution in [2.24, 2.45) is 0 Å². The molecule has 0 radical (unpaired) electrons. The maximum atomic E-state index is 4.21. The lowest BCUT2D eigenvalue weighted by atomic mass is 9.91. The van der Waals surface area contributed by atoms with Crippen molar-refractivity contribution in [1.29, 1.82) is 0 Å². The molecule has 1 nitrogen and oxygen atoms in total. The van der Waals surface area contributed by atoms with Crippen LogP contribution in [0.3, 0.4) is 0 Å². The number of fused-ring (bicyclic) bond motifs is 5. The molecule has 0 atom stereocenters. The molecule has 0 fully saturated rings. The zero-order valence-corrected chi connectivity index (χ0v) is 17.6. The van der Waals surface area contributed by atoms with Gasteiger partial charge in [0.2, 0.25) is 0 Å². The van der Waals surface area contributed by atoms with Crippen LogP contribution in [0.5, 0.6) is 0 Å². The minimum absolute atomic E-state index is 0.920. The van der Waals surface area contributed by atoms with Gasteiger partial charge in [-0.05, 0) is 54.7 Å². The number of allylic oxidation sites excluding steroid dienone is 4. The highest BCUT2D eigenvalue weighted by atomic mass is 15.0. The molecule has 0 saturated carbocycles. The van der Waals surface area contributed by atoms with Gasteiger partial charge >= 0.3 is 0 Å². The minimum atomic E-state index is 0.920. The Bertz CT molecular complexity index is 1300. The molecule has 146 valence electrons. The van der Waals surface area contributed by atoms with E-state index in [0.29, 0.717) is 0 Å². The summed E-state index contributed by atoms with van der Waals surface area (Å²) in [5.41, 5.74) is 13.9. The normalized spacial score (nSPS) is 14.1. The van der Waals surface area contributed by atoms with E-state index in [1.807, 2.05) is 12.2 Å². The highest BCUT2D eigenvalue weighted by Crippen LogP contribution is 2.50. The third kappa shape index (κ3) is 2.35. The van der Waals surface area contributed by atoms with Crippen LogP contribution >= 0.6 is 0 Å². The monoisotopic (exact) mass is 387 g/mol. The van der Waals surface area contributed by atoms with Gasteiger partial charge in [-0.25, -0.2) is 0 Å². The summed E-state index contributed by atoms with van der Waals surface area (Å²) in [4.78, 5) is 0. The average Bonchev–Trinajstić information content (AvgIpc) is 3.25. The third-order valence-corrected chi connectivity index (χ3v) is 6.17. The van der Waals surface area contributed by atoms with Crippen molar-refractivity contribution >= 4 is 23.8 Å². The number of para-hydroxylation sites is 1. The predicted molar refractivity (Wildman–Crippen MR) is 131 cm³/mol. The van der Waals surface area contributed by atoms with Crippen molar-refractivity contribution in [3.63, 3.8) is 0 Å². The first-order chi connectivity index (χ1) is 14.7. The Hall–Kier alpha value is -3.58. The minimum Gasteiger partial charge on any atom is -0.308 e. The van der Waals surface area contributed by atoms with E-state index in [-0.39, 0.29) is 0 Å². The van der Waals surface area contributed by atoms with E-state index < -0.39 is 0 Å². The van der Waals surface area contributed by atoms with Gasteiger partial charge in [-0.1, -0.05) is 79.9 Å². The van der Waals surface area contributed by atoms with E-state index in [1.165, 1.54) is 61.6 Å². The molecule has 2 aromatic carbocycles. The maximum absolute atomic E-state index is 4.21. The van der Waals surface area contributed by atoms with E-state index in [9.17, 15) is 0 Å². The van der Waals surface area contributed by atoms with Crippen LogP contribution in [0, 0.1) is 0 Å². The van der Waals surface area contributed by atoms with Gasteiger partial charge in [0.15, 0.2) is 0 Å². The molecule has 1 aliphatic carbocycles. The van der Waals surface area contributed by atoms with Crippen LogP contribution in [0.2, 0.25) is 0 Å². The smallest absolute Gasteiger partial charge is 0.0622 e. The van der Waals surface area contributed by atoms with Gasteiger partial charge in [0.05, 0.1) is 17.1 Å². The van der Waals surface area contributed by atoms with Crippen LogP contribution < -0.4 is 0 Å². The Balaban J connectivity index is 2.08. The van der Waals surface area contributed by atoms with Gasteiger partial charge in [0, 0.05) is 22.3 Å². The maximum Gasteiger partial charge on any atom is 0.0622 e. The first kappa shape index (κ1) is 18.4. The SMILES string of the molecule is C=CC1=C2c3c(cccc3-c3ccccc3-n3c(/C=C\C)c(/C=C\C)c(C=C)c32)C1. The highest BCUT2D eigenvalue weighted by Gasteiger charge is 2.34. The number of hydrogen-bond acceptors (Lipinski definition) is 0. The van der Waals surface area contributed by atoms with E-state index >= 15 is 0 Å². The van der Waals surface area contributed by atoms with Crippen LogP contribution in [0.4, 0.5) is 0 Å². The fourth-order valence-corrected chi connectivity index (χ4v) is 5.06. The third-order valence-electron chi connectivity index (χ3n) is 6.17. The summed E-state index contributed by atoms with van der Waals surface area (Å²) < 4.78 is 2.43. The molecule has 1 aliphatic heterocycles. The van der Waals surface area contributed by atoms with Crippen molar-refractivity contribution in [3.8, 4) is 16.8 Å². The number of nitrogens with zero attached hydrogens (tertiary/aromatic N) is 1. The standard InChI is InChI=1S/C29H25N/c1-5-12-22-21(8-4)29-28-19(7-3)18-20-14-11-16-24(27(20)28)23-15-9-10-17-26(23)30(29)25(22)13-6-2/h5-17H,3-4,18H2,1-2H3/b12-5-,13-6-. The van der Waals surface area contributed by atoms with Gasteiger partial charge in [-0.2, -0.15) is 0 Å². The molecule has 3 aromatic rings. The lowest BCUT2D eigenvalue weighted by Gasteiger charge is -2.14. The fourth-order valence-electron chi connectivity index (χ4n) is 5.06. The molecule has 5 rings (SSSR count). The van der Waals surface area contributed by atoms with Gasteiger partial charge in [-0.3, -0.25) is 0 Å². The first-order valence-electron chi connectivity index (χ1n) is 10.5. The Morgan fingerprint density at radius 1 is 0.833 bits per heavy atom. The largest absolute Gasteiger partial charge is 0.308 e. The molecular weight excluding hydrogens is 362 g/mol. The van der Waals surface area contributed by atoms with Crippen LogP contribution in [0.15, 0.2) is 79.4 Å². The van der Waals surface area contributed by atoms with Crippen LogP contribution in [0.1, 0.15) is 47.5 Å². The molecule has 1 aromatic heterocycles. The van der Waals surface area contributed by atoms with Crippen molar-refractivity contribution in [1.82, 2.24) is 4.57 Å². The van der Waals surface area contributed by atoms with Crippen LogP contribution in [-0.2, 0) is 6.42 Å². The molecule has 30 heavy (non-hydrogen) atoms. The second kappa shape index (κ2) is 7.03. The van der Waals surface area contributed by atoms with Crippen molar-refractivity contribution in [3.05, 3.63) is 113 Å². The molecule has 0 bridgehead atoms. The second-order valence-electron chi connectivity index (χ2n) is 7.74. The zero-order valence-electron chi connectivity index (χ0n) is 17.6. The number of aromatic nitrogens is 1. The quantitative estimate of drug-likeness (QED) is 0.338. The van der Waals surface area contributed by atoms with Gasteiger partial charge in [-0.15, -0.1) is 0 Å². The summed E-state index contributed by atoms with van der Waals surface area (Å²) in [6, 6.07) is 15.4. The first-order valence-corrected chi connectivity index (χ1v) is 10.5. The van der Waals surface area contributed by atoms with Crippen molar-refractivity contribution < 1.29 is 0 Å². The molecule has 2 aliphatic rings. The molecule has 0 spiro atoms. The summed E-state index contributed by atoms with van der Waals surface area (Å²) in [5.74, 6) is 0. The van der Waals surface area contributed by atoms with E-state index in [0.717, 1.165) is 6.42 Å². The highest BCUT2D eigenvalue weighted by molar-refractivity contribution is 6.02. The topological polar surface area (TPSA) is 4.93 Å². The molecule has 2 heterocycles. The van der Waals surface area contributed by atoms with Crippen molar-refractivity contribution in [2.75, 3.05) is 0 Å². The number of benzene rings is 2. The predicted octanol–water partition coefficient (Wildman–Crippen LogP) is 7.71. The van der Waals surface area contributed by atoms with Crippen LogP contribution in [-0.4, -0.2) is 4.57 Å². The molecule has 0 unspecified atom stereocenters. The van der Waals surface area contributed by atoms with Gasteiger partial charge in [0.25, 0.3) is 0 Å². The van der Waals surface area contributed by atoms with E-state index in [4.69, 9.17) is 0 Å². The zero-order chi connectivity index (χ0) is 20.8. The Morgan fingerprint density at radius 3 is 2.33 bits per heavy atom. The number of rotatable bonds is 4. The Kier molecular flexibility index (Phi) is 4.33. The van der Waals surface area contributed by atoms with E-state index in [1.54, 1.807) is 0 Å². The average molecular weight is 388 g/mol. The molecule has 0 saturated heterocycles. The van der Waals surface area contributed by atoms with Crippen LogP contribution in [0.25, 0.3) is 40.6 Å².